The van der Waals surface area contributed by atoms with Crippen LogP contribution in [-0.4, -0.2) is 72.3 Å². The lowest BCUT2D eigenvalue weighted by atomic mass is 10.0. The number of anilines is 1. The molecule has 0 aliphatic carbocycles. The van der Waals surface area contributed by atoms with Crippen LogP contribution in [0.1, 0.15) is 13.3 Å². The maximum absolute atomic E-state index is 10.5. The highest BCUT2D eigenvalue weighted by atomic mass is 127. The minimum atomic E-state index is -0.631. The molecule has 2 saturated heterocycles. The minimum absolute atomic E-state index is 0. The van der Waals surface area contributed by atoms with Gasteiger partial charge in [-0.15, -0.1) is 24.0 Å². The first-order valence-corrected chi connectivity index (χ1v) is 10.5. The molecule has 2 heterocycles. The molecule has 1 atom stereocenters. The third kappa shape index (κ3) is 5.81. The molecule has 3 rings (SSSR count). The van der Waals surface area contributed by atoms with Crippen molar-refractivity contribution in [2.45, 2.75) is 18.9 Å². The van der Waals surface area contributed by atoms with E-state index in [-0.39, 0.29) is 24.0 Å². The molecule has 2 aliphatic heterocycles. The molecule has 2 N–H and O–H groups in total. The fourth-order valence-electron chi connectivity index (χ4n) is 3.22. The topological polar surface area (TPSA) is 51.1 Å². The molecule has 1 aromatic carbocycles. The highest BCUT2D eigenvalue weighted by Crippen LogP contribution is 2.28. The zero-order valence-electron chi connectivity index (χ0n) is 15.2. The summed E-state index contributed by atoms with van der Waals surface area (Å²) in [6.45, 7) is 7.09. The third-order valence-electron chi connectivity index (χ3n) is 4.69. The van der Waals surface area contributed by atoms with E-state index in [1.54, 1.807) is 0 Å². The average molecular weight is 511 g/mol. The van der Waals surface area contributed by atoms with Crippen molar-refractivity contribution in [3.8, 4) is 0 Å². The lowest BCUT2D eigenvalue weighted by molar-refractivity contribution is 0.0775. The van der Waals surface area contributed by atoms with Crippen molar-refractivity contribution in [1.82, 2.24) is 10.2 Å². The van der Waals surface area contributed by atoms with Gasteiger partial charge in [-0.3, -0.25) is 4.99 Å². The summed E-state index contributed by atoms with van der Waals surface area (Å²) in [6, 6.07) is 8.02. The molecule has 2 fully saturated rings. The van der Waals surface area contributed by atoms with E-state index in [0.29, 0.717) is 6.54 Å². The van der Waals surface area contributed by atoms with E-state index in [4.69, 9.17) is 16.6 Å². The first-order valence-electron chi connectivity index (χ1n) is 8.93. The van der Waals surface area contributed by atoms with E-state index in [2.05, 4.69) is 28.1 Å². The van der Waals surface area contributed by atoms with Crippen LogP contribution in [-0.2, 0) is 0 Å². The predicted molar refractivity (Wildman–Crippen MR) is 124 cm³/mol. The van der Waals surface area contributed by atoms with Crippen LogP contribution in [0.25, 0.3) is 0 Å². The average Bonchev–Trinajstić information content (AvgIpc) is 3.06. The second kappa shape index (κ2) is 10.2. The van der Waals surface area contributed by atoms with Gasteiger partial charge in [0.05, 0.1) is 12.1 Å². The molecule has 146 valence electrons. The number of thioether (sulfide) groups is 1. The molecular formula is C18H28ClIN4OS. The van der Waals surface area contributed by atoms with Crippen LogP contribution >= 0.6 is 47.3 Å². The van der Waals surface area contributed by atoms with Gasteiger partial charge >= 0.3 is 0 Å². The highest BCUT2D eigenvalue weighted by molar-refractivity contribution is 14.0. The Morgan fingerprint density at radius 1 is 1.35 bits per heavy atom. The van der Waals surface area contributed by atoms with Crippen molar-refractivity contribution in [1.29, 1.82) is 0 Å². The van der Waals surface area contributed by atoms with Crippen LogP contribution in [0.2, 0.25) is 5.02 Å². The Morgan fingerprint density at radius 3 is 2.73 bits per heavy atom. The zero-order valence-corrected chi connectivity index (χ0v) is 19.1. The molecule has 0 aromatic heterocycles. The summed E-state index contributed by atoms with van der Waals surface area (Å²) < 4.78 is 0. The van der Waals surface area contributed by atoms with E-state index in [9.17, 15) is 5.11 Å². The number of piperazine rings is 1. The Balaban J connectivity index is 0.00000243. The number of hydrogen-bond donors (Lipinski definition) is 2. The fourth-order valence-corrected chi connectivity index (χ4v) is 4.69. The predicted octanol–water partition coefficient (Wildman–Crippen LogP) is 2.91. The molecule has 5 nitrogen and oxygen atoms in total. The van der Waals surface area contributed by atoms with Gasteiger partial charge in [0.15, 0.2) is 5.96 Å². The lowest BCUT2D eigenvalue weighted by Crippen LogP contribution is -2.53. The number of guanidine groups is 1. The summed E-state index contributed by atoms with van der Waals surface area (Å²) in [5, 5.41) is 14.7. The third-order valence-corrected chi connectivity index (χ3v) is 6.16. The number of aliphatic imine (C=N–C) groups is 1. The maximum Gasteiger partial charge on any atom is 0.194 e. The van der Waals surface area contributed by atoms with Gasteiger partial charge in [-0.1, -0.05) is 17.7 Å². The van der Waals surface area contributed by atoms with Crippen LogP contribution in [0.3, 0.4) is 0 Å². The monoisotopic (exact) mass is 510 g/mol. The zero-order chi connectivity index (χ0) is 17.7. The first kappa shape index (κ1) is 21.9. The number of benzene rings is 1. The van der Waals surface area contributed by atoms with E-state index in [0.717, 1.165) is 61.6 Å². The van der Waals surface area contributed by atoms with E-state index < -0.39 is 5.60 Å². The van der Waals surface area contributed by atoms with E-state index >= 15 is 0 Å². The Morgan fingerprint density at radius 2 is 2.12 bits per heavy atom. The van der Waals surface area contributed by atoms with Crippen molar-refractivity contribution >= 4 is 59.0 Å². The minimum Gasteiger partial charge on any atom is -0.387 e. The van der Waals surface area contributed by atoms with Crippen LogP contribution in [0, 0.1) is 0 Å². The van der Waals surface area contributed by atoms with Gasteiger partial charge in [0.1, 0.15) is 0 Å². The van der Waals surface area contributed by atoms with E-state index in [1.807, 2.05) is 30.0 Å². The Kier molecular flexibility index (Phi) is 8.63. The summed E-state index contributed by atoms with van der Waals surface area (Å²) in [4.78, 5) is 9.37. The largest absolute Gasteiger partial charge is 0.387 e. The lowest BCUT2D eigenvalue weighted by Gasteiger charge is -2.38. The van der Waals surface area contributed by atoms with Crippen LogP contribution in [0.5, 0.6) is 0 Å². The van der Waals surface area contributed by atoms with Crippen LogP contribution < -0.4 is 10.2 Å². The number of hydrogen-bond acceptors (Lipinski definition) is 4. The summed E-state index contributed by atoms with van der Waals surface area (Å²) in [5.41, 5.74) is 0.542. The summed E-state index contributed by atoms with van der Waals surface area (Å²) in [7, 11) is 0. The maximum atomic E-state index is 10.5. The Labute approximate surface area is 182 Å². The van der Waals surface area contributed by atoms with Crippen LogP contribution in [0.15, 0.2) is 29.3 Å². The van der Waals surface area contributed by atoms with Crippen LogP contribution in [0.4, 0.5) is 5.69 Å². The molecule has 8 heteroatoms. The molecule has 0 saturated carbocycles. The molecule has 0 spiro atoms. The summed E-state index contributed by atoms with van der Waals surface area (Å²) in [6.07, 6.45) is 0.836. The van der Waals surface area contributed by atoms with Crippen molar-refractivity contribution in [3.05, 3.63) is 29.3 Å². The molecular weight excluding hydrogens is 483 g/mol. The van der Waals surface area contributed by atoms with Gasteiger partial charge in [-0.05, 0) is 37.3 Å². The van der Waals surface area contributed by atoms with Gasteiger partial charge in [0.25, 0.3) is 0 Å². The number of aliphatic hydroxyl groups is 1. The van der Waals surface area contributed by atoms with Gasteiger partial charge in [0, 0.05) is 49.2 Å². The normalized spacial score (nSPS) is 23.7. The number of nitrogens with one attached hydrogen (secondary N) is 1. The highest BCUT2D eigenvalue weighted by Gasteiger charge is 2.32. The van der Waals surface area contributed by atoms with Crippen molar-refractivity contribution in [3.63, 3.8) is 0 Å². The standard InChI is InChI=1S/C18H27ClN4OS.HI/c1-2-20-17(21-13-18(24)6-11-25-14-18)23-9-7-22(8-10-23)16-5-3-4-15(19)12-16;/h3-5,12,24H,2,6-11,13-14H2,1H3,(H,20,21);1H. The Bertz CT molecular complexity index is 605. The van der Waals surface area contributed by atoms with Crippen molar-refractivity contribution in [2.24, 2.45) is 4.99 Å². The van der Waals surface area contributed by atoms with E-state index in [1.165, 1.54) is 5.69 Å². The Hall–Kier alpha value is -0.380. The van der Waals surface area contributed by atoms with Gasteiger partial charge in [0.2, 0.25) is 0 Å². The number of halogens is 2. The molecule has 0 amide bonds. The van der Waals surface area contributed by atoms with Gasteiger partial charge in [-0.25, -0.2) is 0 Å². The molecule has 0 bridgehead atoms. The second-order valence-electron chi connectivity index (χ2n) is 6.65. The van der Waals surface area contributed by atoms with Gasteiger partial charge < -0.3 is 20.2 Å². The van der Waals surface area contributed by atoms with Crippen molar-refractivity contribution < 1.29 is 5.11 Å². The number of nitrogens with zero attached hydrogens (tertiary/aromatic N) is 3. The molecule has 1 unspecified atom stereocenters. The van der Waals surface area contributed by atoms with Gasteiger partial charge in [-0.2, -0.15) is 11.8 Å². The molecule has 26 heavy (non-hydrogen) atoms. The first-order chi connectivity index (χ1) is 12.1. The fraction of sp³-hybridized carbons (Fsp3) is 0.611. The quantitative estimate of drug-likeness (QED) is 0.371. The molecule has 2 aliphatic rings. The summed E-state index contributed by atoms with van der Waals surface area (Å²) >= 11 is 7.92. The summed E-state index contributed by atoms with van der Waals surface area (Å²) in [5.74, 6) is 2.73. The second-order valence-corrected chi connectivity index (χ2v) is 8.19. The molecule has 0 radical (unpaired) electrons. The SMILES string of the molecule is CCNC(=NCC1(O)CCSC1)N1CCN(c2cccc(Cl)c2)CC1.I. The molecule has 1 aromatic rings. The number of rotatable bonds is 4. The smallest absolute Gasteiger partial charge is 0.194 e. The van der Waals surface area contributed by atoms with Crippen molar-refractivity contribution in [2.75, 3.05) is 55.7 Å².